The van der Waals surface area contributed by atoms with Crippen LogP contribution in [0, 0.1) is 11.7 Å². The number of nitrogens with one attached hydrogen (secondary N) is 1. The van der Waals surface area contributed by atoms with Gasteiger partial charge in [-0.25, -0.2) is 4.98 Å². The molecule has 1 N–H and O–H groups in total. The van der Waals surface area contributed by atoms with E-state index in [9.17, 15) is 0 Å². The SMILES string of the molecule is Cc1ccnc2c1[nH]c(=S)n2C1(C)CCCCC1. The molecule has 1 fully saturated rings. The summed E-state index contributed by atoms with van der Waals surface area (Å²) < 4.78 is 3.07. The molecule has 0 atom stereocenters. The van der Waals surface area contributed by atoms with Crippen LogP contribution in [0.15, 0.2) is 12.3 Å². The van der Waals surface area contributed by atoms with Crippen molar-refractivity contribution in [2.75, 3.05) is 0 Å². The molecule has 3 nitrogen and oxygen atoms in total. The van der Waals surface area contributed by atoms with Gasteiger partial charge in [-0.3, -0.25) is 4.57 Å². The van der Waals surface area contributed by atoms with Crippen LogP contribution in [-0.2, 0) is 5.54 Å². The Morgan fingerprint density at radius 2 is 2.06 bits per heavy atom. The number of hydrogen-bond acceptors (Lipinski definition) is 2. The molecule has 4 heteroatoms. The molecule has 0 aliphatic heterocycles. The summed E-state index contributed by atoms with van der Waals surface area (Å²) in [7, 11) is 0. The Kier molecular flexibility index (Phi) is 2.77. The standard InChI is InChI=1S/C14H19N3S/c1-10-6-9-15-12-11(10)16-13(18)17(12)14(2)7-4-3-5-8-14/h6,9H,3-5,7-8H2,1-2H3,(H,16,18). The molecule has 0 bridgehead atoms. The lowest BCUT2D eigenvalue weighted by molar-refractivity contribution is 0.221. The number of pyridine rings is 1. The number of nitrogens with zero attached hydrogens (tertiary/aromatic N) is 2. The van der Waals surface area contributed by atoms with Crippen LogP contribution in [0.3, 0.4) is 0 Å². The first kappa shape index (κ1) is 11.9. The molecule has 2 heterocycles. The van der Waals surface area contributed by atoms with Gasteiger partial charge < -0.3 is 4.98 Å². The van der Waals surface area contributed by atoms with E-state index in [1.807, 2.05) is 12.3 Å². The molecule has 2 aromatic heterocycles. The highest BCUT2D eigenvalue weighted by molar-refractivity contribution is 7.71. The van der Waals surface area contributed by atoms with Gasteiger partial charge in [0, 0.05) is 11.7 Å². The molecule has 0 radical (unpaired) electrons. The summed E-state index contributed by atoms with van der Waals surface area (Å²) >= 11 is 5.53. The van der Waals surface area contributed by atoms with Crippen LogP contribution in [0.4, 0.5) is 0 Å². The molecule has 1 aliphatic rings. The van der Waals surface area contributed by atoms with E-state index in [0.717, 1.165) is 15.9 Å². The van der Waals surface area contributed by atoms with Gasteiger partial charge in [-0.15, -0.1) is 0 Å². The van der Waals surface area contributed by atoms with E-state index in [1.54, 1.807) is 0 Å². The molecule has 0 saturated heterocycles. The quantitative estimate of drug-likeness (QED) is 0.785. The van der Waals surface area contributed by atoms with Crippen LogP contribution in [0.2, 0.25) is 0 Å². The number of rotatable bonds is 1. The van der Waals surface area contributed by atoms with E-state index >= 15 is 0 Å². The van der Waals surface area contributed by atoms with Crippen LogP contribution < -0.4 is 0 Å². The second kappa shape index (κ2) is 4.19. The van der Waals surface area contributed by atoms with Crippen LogP contribution in [0.1, 0.15) is 44.6 Å². The monoisotopic (exact) mass is 261 g/mol. The van der Waals surface area contributed by atoms with Crippen molar-refractivity contribution in [3.8, 4) is 0 Å². The van der Waals surface area contributed by atoms with Gasteiger partial charge in [0.2, 0.25) is 0 Å². The lowest BCUT2D eigenvalue weighted by Crippen LogP contribution is -2.32. The van der Waals surface area contributed by atoms with Crippen molar-refractivity contribution in [1.82, 2.24) is 14.5 Å². The Bertz CT molecular complexity index is 632. The lowest BCUT2D eigenvalue weighted by atomic mass is 9.83. The first-order valence-corrected chi connectivity index (χ1v) is 7.09. The van der Waals surface area contributed by atoms with E-state index in [4.69, 9.17) is 12.2 Å². The number of aryl methyl sites for hydroxylation is 1. The number of hydrogen-bond donors (Lipinski definition) is 1. The summed E-state index contributed by atoms with van der Waals surface area (Å²) in [6.07, 6.45) is 8.20. The van der Waals surface area contributed by atoms with Gasteiger partial charge in [0.25, 0.3) is 0 Å². The van der Waals surface area contributed by atoms with E-state index < -0.39 is 0 Å². The number of fused-ring (bicyclic) bond motifs is 1. The van der Waals surface area contributed by atoms with Gasteiger partial charge in [-0.2, -0.15) is 0 Å². The third kappa shape index (κ3) is 1.70. The average molecular weight is 261 g/mol. The summed E-state index contributed by atoms with van der Waals surface area (Å²) in [5.41, 5.74) is 3.46. The fraction of sp³-hybridized carbons (Fsp3) is 0.571. The van der Waals surface area contributed by atoms with Gasteiger partial charge in [0.15, 0.2) is 10.4 Å². The third-order valence-corrected chi connectivity index (χ3v) is 4.54. The first-order chi connectivity index (χ1) is 8.62. The van der Waals surface area contributed by atoms with Crippen molar-refractivity contribution in [2.45, 2.75) is 51.5 Å². The van der Waals surface area contributed by atoms with Gasteiger partial charge in [-0.1, -0.05) is 19.3 Å². The van der Waals surface area contributed by atoms with Gasteiger partial charge in [0.1, 0.15) is 0 Å². The molecule has 3 rings (SSSR count). The van der Waals surface area contributed by atoms with Crippen LogP contribution in [-0.4, -0.2) is 14.5 Å². The molecular weight excluding hydrogens is 242 g/mol. The number of aromatic amines is 1. The summed E-state index contributed by atoms with van der Waals surface area (Å²) in [6.45, 7) is 4.42. The summed E-state index contributed by atoms with van der Waals surface area (Å²) in [5, 5.41) is 0. The van der Waals surface area contributed by atoms with Crippen LogP contribution in [0.5, 0.6) is 0 Å². The molecule has 1 saturated carbocycles. The van der Waals surface area contributed by atoms with E-state index in [-0.39, 0.29) is 5.54 Å². The molecule has 1 aliphatic carbocycles. The minimum Gasteiger partial charge on any atom is -0.329 e. The second-order valence-corrected chi connectivity index (χ2v) is 6.04. The van der Waals surface area contributed by atoms with Gasteiger partial charge in [-0.05, 0) is 50.5 Å². The Labute approximate surface area is 112 Å². The minimum absolute atomic E-state index is 0.133. The highest BCUT2D eigenvalue weighted by Gasteiger charge is 2.31. The zero-order valence-corrected chi connectivity index (χ0v) is 11.8. The topological polar surface area (TPSA) is 33.6 Å². The van der Waals surface area contributed by atoms with Crippen molar-refractivity contribution >= 4 is 23.4 Å². The Hall–Kier alpha value is -1.16. The van der Waals surface area contributed by atoms with Gasteiger partial charge in [0.05, 0.1) is 5.52 Å². The normalized spacial score (nSPS) is 19.2. The minimum atomic E-state index is 0.133. The summed E-state index contributed by atoms with van der Waals surface area (Å²) in [6, 6.07) is 2.03. The number of aromatic nitrogens is 3. The Balaban J connectivity index is 2.25. The predicted molar refractivity (Wildman–Crippen MR) is 76.4 cm³/mol. The van der Waals surface area contributed by atoms with Crippen LogP contribution in [0.25, 0.3) is 11.2 Å². The summed E-state index contributed by atoms with van der Waals surface area (Å²) in [5.74, 6) is 0. The molecule has 0 aromatic carbocycles. The van der Waals surface area contributed by atoms with E-state index in [1.165, 1.54) is 37.7 Å². The van der Waals surface area contributed by atoms with Crippen molar-refractivity contribution in [1.29, 1.82) is 0 Å². The largest absolute Gasteiger partial charge is 0.329 e. The Morgan fingerprint density at radius 1 is 1.33 bits per heavy atom. The van der Waals surface area contributed by atoms with Gasteiger partial charge >= 0.3 is 0 Å². The fourth-order valence-corrected chi connectivity index (χ4v) is 3.57. The maximum absolute atomic E-state index is 5.53. The number of H-pyrrole nitrogens is 1. The Morgan fingerprint density at radius 3 is 2.78 bits per heavy atom. The zero-order chi connectivity index (χ0) is 12.8. The molecule has 18 heavy (non-hydrogen) atoms. The van der Waals surface area contributed by atoms with Crippen molar-refractivity contribution in [3.63, 3.8) is 0 Å². The fourth-order valence-electron chi connectivity index (χ4n) is 3.16. The molecule has 0 amide bonds. The molecule has 2 aromatic rings. The highest BCUT2D eigenvalue weighted by atomic mass is 32.1. The van der Waals surface area contributed by atoms with Crippen molar-refractivity contribution in [2.24, 2.45) is 0 Å². The molecular formula is C14H19N3S. The maximum Gasteiger partial charge on any atom is 0.179 e. The third-order valence-electron chi connectivity index (χ3n) is 4.26. The molecule has 0 unspecified atom stereocenters. The summed E-state index contributed by atoms with van der Waals surface area (Å²) in [4.78, 5) is 7.88. The first-order valence-electron chi connectivity index (χ1n) is 6.69. The van der Waals surface area contributed by atoms with E-state index in [2.05, 4.69) is 28.4 Å². The predicted octanol–water partition coefficient (Wildman–Crippen LogP) is 4.08. The highest BCUT2D eigenvalue weighted by Crippen LogP contribution is 2.36. The number of imidazole rings is 1. The second-order valence-electron chi connectivity index (χ2n) is 5.65. The molecule has 96 valence electrons. The van der Waals surface area contributed by atoms with Crippen molar-refractivity contribution < 1.29 is 0 Å². The molecule has 0 spiro atoms. The average Bonchev–Trinajstić information content (AvgIpc) is 2.68. The smallest absolute Gasteiger partial charge is 0.179 e. The maximum atomic E-state index is 5.53. The van der Waals surface area contributed by atoms with E-state index in [0.29, 0.717) is 0 Å². The lowest BCUT2D eigenvalue weighted by Gasteiger charge is -2.35. The zero-order valence-electron chi connectivity index (χ0n) is 11.0. The van der Waals surface area contributed by atoms with Crippen molar-refractivity contribution in [3.05, 3.63) is 22.6 Å². The van der Waals surface area contributed by atoms with Crippen LogP contribution >= 0.6 is 12.2 Å².